The fraction of sp³-hybridized carbons (Fsp3) is 0.385. The second-order valence-corrected chi connectivity index (χ2v) is 4.22. The highest BCUT2D eigenvalue weighted by atomic mass is 16.2. The van der Waals surface area contributed by atoms with Gasteiger partial charge in [-0.25, -0.2) is 0 Å². The van der Waals surface area contributed by atoms with Gasteiger partial charge in [0.15, 0.2) is 0 Å². The standard InChI is InChI=1S/C13H19N3O2/c1-9(14)3-8-12(17)16-11-6-4-10(5-7-11)13(18)15-2/h4-7,9H,3,8,14H2,1-2H3,(H,15,18)(H,16,17). The van der Waals surface area contributed by atoms with Crippen LogP contribution in [0.5, 0.6) is 0 Å². The normalized spacial score (nSPS) is 11.7. The summed E-state index contributed by atoms with van der Waals surface area (Å²) in [5, 5.41) is 5.29. The van der Waals surface area contributed by atoms with Crippen LogP contribution < -0.4 is 16.4 Å². The van der Waals surface area contributed by atoms with Crippen molar-refractivity contribution in [2.24, 2.45) is 5.73 Å². The molecule has 1 unspecified atom stereocenters. The zero-order valence-electron chi connectivity index (χ0n) is 10.7. The fourth-order valence-electron chi connectivity index (χ4n) is 1.43. The van der Waals surface area contributed by atoms with Gasteiger partial charge in [-0.05, 0) is 37.6 Å². The summed E-state index contributed by atoms with van der Waals surface area (Å²) in [6.07, 6.45) is 1.05. The molecule has 98 valence electrons. The molecule has 1 atom stereocenters. The predicted octanol–water partition coefficient (Wildman–Crippen LogP) is 1.11. The molecule has 0 fully saturated rings. The second kappa shape index (κ2) is 6.76. The molecular formula is C13H19N3O2. The van der Waals surface area contributed by atoms with Crippen molar-refractivity contribution >= 4 is 17.5 Å². The van der Waals surface area contributed by atoms with E-state index in [-0.39, 0.29) is 17.9 Å². The maximum atomic E-state index is 11.5. The van der Waals surface area contributed by atoms with Crippen LogP contribution in [0.2, 0.25) is 0 Å². The van der Waals surface area contributed by atoms with Gasteiger partial charge in [-0.1, -0.05) is 0 Å². The number of anilines is 1. The summed E-state index contributed by atoms with van der Waals surface area (Å²) in [4.78, 5) is 22.9. The average Bonchev–Trinajstić information content (AvgIpc) is 2.36. The first-order chi connectivity index (χ1) is 8.52. The molecular weight excluding hydrogens is 230 g/mol. The smallest absolute Gasteiger partial charge is 0.251 e. The largest absolute Gasteiger partial charge is 0.355 e. The van der Waals surface area contributed by atoms with Gasteiger partial charge in [-0.15, -0.1) is 0 Å². The molecule has 18 heavy (non-hydrogen) atoms. The van der Waals surface area contributed by atoms with Gasteiger partial charge in [-0.3, -0.25) is 9.59 Å². The Morgan fingerprint density at radius 2 is 1.89 bits per heavy atom. The van der Waals surface area contributed by atoms with Crippen LogP contribution in [0.1, 0.15) is 30.1 Å². The predicted molar refractivity (Wildman–Crippen MR) is 71.3 cm³/mol. The topological polar surface area (TPSA) is 84.2 Å². The van der Waals surface area contributed by atoms with E-state index in [4.69, 9.17) is 5.73 Å². The van der Waals surface area contributed by atoms with Crippen molar-refractivity contribution in [1.82, 2.24) is 5.32 Å². The third-order valence-corrected chi connectivity index (χ3v) is 2.48. The summed E-state index contributed by atoms with van der Waals surface area (Å²) in [6, 6.07) is 6.76. The van der Waals surface area contributed by atoms with Crippen molar-refractivity contribution in [3.05, 3.63) is 29.8 Å². The highest BCUT2D eigenvalue weighted by molar-refractivity contribution is 5.95. The SMILES string of the molecule is CNC(=O)c1ccc(NC(=O)CCC(C)N)cc1. The quantitative estimate of drug-likeness (QED) is 0.731. The summed E-state index contributed by atoms with van der Waals surface area (Å²) in [5.41, 5.74) is 6.82. The summed E-state index contributed by atoms with van der Waals surface area (Å²) in [7, 11) is 1.58. The molecule has 0 saturated heterocycles. The van der Waals surface area contributed by atoms with Gasteiger partial charge in [0.25, 0.3) is 5.91 Å². The number of carbonyl (C=O) groups excluding carboxylic acids is 2. The number of hydrogen-bond acceptors (Lipinski definition) is 3. The highest BCUT2D eigenvalue weighted by Crippen LogP contribution is 2.10. The van der Waals surface area contributed by atoms with Crippen LogP contribution in [0.15, 0.2) is 24.3 Å². The number of hydrogen-bond donors (Lipinski definition) is 3. The lowest BCUT2D eigenvalue weighted by atomic mass is 10.1. The minimum absolute atomic E-state index is 0.0198. The fourth-order valence-corrected chi connectivity index (χ4v) is 1.43. The van der Waals surface area contributed by atoms with E-state index in [0.29, 0.717) is 24.1 Å². The number of carbonyl (C=O) groups is 2. The Labute approximate surface area is 107 Å². The molecule has 5 nitrogen and oxygen atoms in total. The van der Waals surface area contributed by atoms with Gasteiger partial charge >= 0.3 is 0 Å². The van der Waals surface area contributed by atoms with E-state index in [2.05, 4.69) is 10.6 Å². The molecule has 5 heteroatoms. The van der Waals surface area contributed by atoms with Crippen LogP contribution in [0.3, 0.4) is 0 Å². The van der Waals surface area contributed by atoms with E-state index < -0.39 is 0 Å². The van der Waals surface area contributed by atoms with Crippen molar-refractivity contribution in [2.45, 2.75) is 25.8 Å². The Morgan fingerprint density at radius 1 is 1.28 bits per heavy atom. The van der Waals surface area contributed by atoms with Crippen molar-refractivity contribution in [2.75, 3.05) is 12.4 Å². The maximum absolute atomic E-state index is 11.5. The molecule has 0 bridgehead atoms. The summed E-state index contributed by atoms with van der Waals surface area (Å²) in [5.74, 6) is -0.218. The Kier molecular flexibility index (Phi) is 5.32. The molecule has 0 saturated carbocycles. The van der Waals surface area contributed by atoms with E-state index >= 15 is 0 Å². The first kappa shape index (κ1) is 14.2. The van der Waals surface area contributed by atoms with Crippen LogP contribution in [0.25, 0.3) is 0 Å². The Balaban J connectivity index is 2.53. The third kappa shape index (κ3) is 4.55. The highest BCUT2D eigenvalue weighted by Gasteiger charge is 2.06. The molecule has 1 aromatic rings. The van der Waals surface area contributed by atoms with Crippen LogP contribution in [-0.4, -0.2) is 24.9 Å². The van der Waals surface area contributed by atoms with Crippen LogP contribution in [-0.2, 0) is 4.79 Å². The monoisotopic (exact) mass is 249 g/mol. The summed E-state index contributed by atoms with van der Waals surface area (Å²) < 4.78 is 0. The average molecular weight is 249 g/mol. The van der Waals surface area contributed by atoms with Crippen LogP contribution >= 0.6 is 0 Å². The third-order valence-electron chi connectivity index (χ3n) is 2.48. The van der Waals surface area contributed by atoms with Crippen LogP contribution in [0.4, 0.5) is 5.69 Å². The van der Waals surface area contributed by atoms with E-state index in [0.717, 1.165) is 0 Å². The van der Waals surface area contributed by atoms with E-state index in [9.17, 15) is 9.59 Å². The lowest BCUT2D eigenvalue weighted by Crippen LogP contribution is -2.20. The van der Waals surface area contributed by atoms with Crippen LogP contribution in [0, 0.1) is 0 Å². The zero-order valence-corrected chi connectivity index (χ0v) is 10.7. The Hall–Kier alpha value is -1.88. The minimum Gasteiger partial charge on any atom is -0.355 e. The molecule has 0 aliphatic carbocycles. The number of nitrogens with one attached hydrogen (secondary N) is 2. The first-order valence-electron chi connectivity index (χ1n) is 5.90. The number of rotatable bonds is 5. The molecule has 0 aromatic heterocycles. The number of amides is 2. The summed E-state index contributed by atoms with van der Waals surface area (Å²) >= 11 is 0. The Morgan fingerprint density at radius 3 is 2.39 bits per heavy atom. The van der Waals surface area contributed by atoms with E-state index in [1.54, 1.807) is 31.3 Å². The molecule has 2 amide bonds. The van der Waals surface area contributed by atoms with E-state index in [1.165, 1.54) is 0 Å². The minimum atomic E-state index is -0.148. The van der Waals surface area contributed by atoms with Gasteiger partial charge in [0.05, 0.1) is 0 Å². The van der Waals surface area contributed by atoms with Gasteiger partial charge in [0, 0.05) is 30.8 Å². The van der Waals surface area contributed by atoms with Gasteiger partial charge in [0.1, 0.15) is 0 Å². The van der Waals surface area contributed by atoms with E-state index in [1.807, 2.05) is 6.92 Å². The first-order valence-corrected chi connectivity index (χ1v) is 5.90. The molecule has 0 radical (unpaired) electrons. The molecule has 1 aromatic carbocycles. The summed E-state index contributed by atoms with van der Waals surface area (Å²) in [6.45, 7) is 1.87. The lowest BCUT2D eigenvalue weighted by molar-refractivity contribution is -0.116. The van der Waals surface area contributed by atoms with Gasteiger partial charge in [-0.2, -0.15) is 0 Å². The molecule has 4 N–H and O–H groups in total. The maximum Gasteiger partial charge on any atom is 0.251 e. The molecule has 0 spiro atoms. The van der Waals surface area contributed by atoms with Crippen molar-refractivity contribution < 1.29 is 9.59 Å². The lowest BCUT2D eigenvalue weighted by Gasteiger charge is -2.07. The van der Waals surface area contributed by atoms with Crippen molar-refractivity contribution in [3.63, 3.8) is 0 Å². The second-order valence-electron chi connectivity index (χ2n) is 4.22. The number of nitrogens with two attached hydrogens (primary N) is 1. The zero-order chi connectivity index (χ0) is 13.5. The van der Waals surface area contributed by atoms with Gasteiger partial charge < -0.3 is 16.4 Å². The number of benzene rings is 1. The van der Waals surface area contributed by atoms with Crippen molar-refractivity contribution in [3.8, 4) is 0 Å². The molecule has 0 heterocycles. The van der Waals surface area contributed by atoms with Crippen molar-refractivity contribution in [1.29, 1.82) is 0 Å². The Bertz CT molecular complexity index is 413. The molecule has 0 aliphatic rings. The molecule has 0 aliphatic heterocycles. The van der Waals surface area contributed by atoms with Gasteiger partial charge in [0.2, 0.25) is 5.91 Å². The molecule has 1 rings (SSSR count).